The number of halogens is 2. The van der Waals surface area contributed by atoms with Crippen molar-refractivity contribution in [3.8, 4) is 0 Å². The van der Waals surface area contributed by atoms with Crippen LogP contribution < -0.4 is 10.6 Å². The molecule has 0 saturated heterocycles. The molecule has 15 heavy (non-hydrogen) atoms. The molecule has 2 N–H and O–H groups in total. The topological polar surface area (TPSA) is 41.1 Å². The molecule has 0 aromatic rings. The lowest BCUT2D eigenvalue weighted by Crippen LogP contribution is -2.62. The molecule has 2 saturated carbocycles. The van der Waals surface area contributed by atoms with E-state index in [1.54, 1.807) is 6.92 Å². The number of rotatable bonds is 3. The summed E-state index contributed by atoms with van der Waals surface area (Å²) < 4.78 is 25.3. The summed E-state index contributed by atoms with van der Waals surface area (Å²) in [7, 11) is 0. The van der Waals surface area contributed by atoms with Gasteiger partial charge < -0.3 is 10.6 Å². The first-order chi connectivity index (χ1) is 6.89. The molecule has 0 spiro atoms. The van der Waals surface area contributed by atoms with E-state index in [0.717, 1.165) is 12.8 Å². The molecule has 2 amide bonds. The molecule has 0 aromatic heterocycles. The van der Waals surface area contributed by atoms with Crippen LogP contribution >= 0.6 is 0 Å². The first-order valence-electron chi connectivity index (χ1n) is 5.32. The molecule has 86 valence electrons. The van der Waals surface area contributed by atoms with Gasteiger partial charge >= 0.3 is 6.03 Å². The summed E-state index contributed by atoms with van der Waals surface area (Å²) in [6, 6.07) is -0.320. The van der Waals surface area contributed by atoms with Crippen LogP contribution in [-0.4, -0.2) is 24.0 Å². The first kappa shape index (κ1) is 10.6. The van der Waals surface area contributed by atoms with Crippen molar-refractivity contribution < 1.29 is 13.6 Å². The smallest absolute Gasteiger partial charge is 0.315 e. The van der Waals surface area contributed by atoms with Crippen molar-refractivity contribution >= 4 is 6.03 Å². The van der Waals surface area contributed by atoms with Crippen LogP contribution in [0.3, 0.4) is 0 Å². The Hall–Kier alpha value is -0.870. The summed E-state index contributed by atoms with van der Waals surface area (Å²) >= 11 is 0. The van der Waals surface area contributed by atoms with Gasteiger partial charge in [0, 0.05) is 19.4 Å². The van der Waals surface area contributed by atoms with Crippen LogP contribution in [0.5, 0.6) is 0 Å². The van der Waals surface area contributed by atoms with Crippen LogP contribution in [0.1, 0.15) is 32.6 Å². The highest BCUT2D eigenvalue weighted by molar-refractivity contribution is 5.75. The fraction of sp³-hybridized carbons (Fsp3) is 0.900. The minimum atomic E-state index is -2.60. The first-order valence-corrected chi connectivity index (χ1v) is 5.32. The molecule has 0 atom stereocenters. The second kappa shape index (κ2) is 3.32. The van der Waals surface area contributed by atoms with E-state index in [1.807, 2.05) is 0 Å². The van der Waals surface area contributed by atoms with E-state index in [1.165, 1.54) is 0 Å². The zero-order valence-electron chi connectivity index (χ0n) is 8.78. The average Bonchev–Trinajstić information content (AvgIpc) is 2.78. The predicted octanol–water partition coefficient (Wildman–Crippen LogP) is 1.88. The van der Waals surface area contributed by atoms with E-state index >= 15 is 0 Å². The van der Waals surface area contributed by atoms with E-state index in [9.17, 15) is 13.6 Å². The van der Waals surface area contributed by atoms with Gasteiger partial charge in [-0.15, -0.1) is 0 Å². The number of hydrogen-bond donors (Lipinski definition) is 2. The standard InChI is InChI=1S/C10H16F2N2O/c1-9(5-10(11,12)6-9)14-8(15)13-4-7-2-3-7/h7H,2-6H2,1H3,(H2,13,14,15). The van der Waals surface area contributed by atoms with Crippen molar-refractivity contribution in [3.05, 3.63) is 0 Å². The SMILES string of the molecule is CC1(NC(=O)NCC2CC2)CC(F)(F)C1. The minimum Gasteiger partial charge on any atom is -0.338 e. The highest BCUT2D eigenvalue weighted by atomic mass is 19.3. The van der Waals surface area contributed by atoms with Crippen molar-refractivity contribution in [2.45, 2.75) is 44.1 Å². The molecule has 2 aliphatic rings. The zero-order chi connectivity index (χ0) is 11.1. The number of carbonyl (C=O) groups is 1. The third-order valence-corrected chi connectivity index (χ3v) is 2.96. The number of urea groups is 1. The van der Waals surface area contributed by atoms with Gasteiger partial charge in [-0.3, -0.25) is 0 Å². The van der Waals surface area contributed by atoms with Crippen LogP contribution in [-0.2, 0) is 0 Å². The van der Waals surface area contributed by atoms with Gasteiger partial charge in [-0.25, -0.2) is 13.6 Å². The molecular formula is C10H16F2N2O. The van der Waals surface area contributed by atoms with Gasteiger partial charge in [0.25, 0.3) is 5.92 Å². The predicted molar refractivity (Wildman–Crippen MR) is 51.8 cm³/mol. The Morgan fingerprint density at radius 2 is 2.00 bits per heavy atom. The van der Waals surface area contributed by atoms with E-state index in [-0.39, 0.29) is 18.9 Å². The summed E-state index contributed by atoms with van der Waals surface area (Å²) in [6.45, 7) is 2.32. The summed E-state index contributed by atoms with van der Waals surface area (Å²) in [5.41, 5.74) is -0.725. The molecule has 0 aliphatic heterocycles. The lowest BCUT2D eigenvalue weighted by Gasteiger charge is -2.45. The molecular weight excluding hydrogens is 202 g/mol. The number of carbonyl (C=O) groups excluding carboxylic acids is 1. The Kier molecular flexibility index (Phi) is 2.35. The van der Waals surface area contributed by atoms with Crippen LogP contribution in [0.4, 0.5) is 13.6 Å². The second-order valence-corrected chi connectivity index (χ2v) is 5.05. The van der Waals surface area contributed by atoms with Crippen molar-refractivity contribution in [1.29, 1.82) is 0 Å². The molecule has 2 aliphatic carbocycles. The molecule has 3 nitrogen and oxygen atoms in total. The third kappa shape index (κ3) is 2.79. The Bertz CT molecular complexity index is 269. The lowest BCUT2D eigenvalue weighted by atomic mass is 9.75. The summed E-state index contributed by atoms with van der Waals surface area (Å²) in [5, 5.41) is 5.30. The summed E-state index contributed by atoms with van der Waals surface area (Å²) in [4.78, 5) is 11.3. The van der Waals surface area contributed by atoms with Gasteiger partial charge in [0.1, 0.15) is 0 Å². The summed E-state index contributed by atoms with van der Waals surface area (Å²) in [6.07, 6.45) is 1.82. The number of alkyl halides is 2. The van der Waals surface area contributed by atoms with E-state index in [2.05, 4.69) is 10.6 Å². The Balaban J connectivity index is 1.69. The summed E-state index contributed by atoms with van der Waals surface area (Å²) in [5.74, 6) is -2.00. The highest BCUT2D eigenvalue weighted by Gasteiger charge is 2.54. The van der Waals surface area contributed by atoms with Gasteiger partial charge in [-0.2, -0.15) is 0 Å². The quantitative estimate of drug-likeness (QED) is 0.746. The number of hydrogen-bond acceptors (Lipinski definition) is 1. The van der Waals surface area contributed by atoms with E-state index in [4.69, 9.17) is 0 Å². The third-order valence-electron chi connectivity index (χ3n) is 2.96. The van der Waals surface area contributed by atoms with Crippen molar-refractivity contribution in [2.24, 2.45) is 5.92 Å². The van der Waals surface area contributed by atoms with Crippen molar-refractivity contribution in [2.75, 3.05) is 6.54 Å². The fourth-order valence-electron chi connectivity index (χ4n) is 2.06. The maximum Gasteiger partial charge on any atom is 0.315 e. The fourth-order valence-corrected chi connectivity index (χ4v) is 2.06. The van der Waals surface area contributed by atoms with E-state index < -0.39 is 11.5 Å². The molecule has 0 unspecified atom stereocenters. The number of amides is 2. The average molecular weight is 218 g/mol. The zero-order valence-corrected chi connectivity index (χ0v) is 8.78. The number of nitrogens with one attached hydrogen (secondary N) is 2. The monoisotopic (exact) mass is 218 g/mol. The highest BCUT2D eigenvalue weighted by Crippen LogP contribution is 2.45. The molecule has 2 fully saturated rings. The Labute approximate surface area is 87.6 Å². The molecule has 2 rings (SSSR count). The largest absolute Gasteiger partial charge is 0.338 e. The van der Waals surface area contributed by atoms with Gasteiger partial charge in [0.15, 0.2) is 0 Å². The van der Waals surface area contributed by atoms with Gasteiger partial charge in [0.2, 0.25) is 0 Å². The van der Waals surface area contributed by atoms with Crippen LogP contribution in [0.2, 0.25) is 0 Å². The van der Waals surface area contributed by atoms with Gasteiger partial charge in [-0.1, -0.05) is 0 Å². The molecule has 0 bridgehead atoms. The Morgan fingerprint density at radius 3 is 2.47 bits per heavy atom. The van der Waals surface area contributed by atoms with E-state index in [0.29, 0.717) is 12.5 Å². The van der Waals surface area contributed by atoms with Crippen LogP contribution in [0, 0.1) is 5.92 Å². The normalized spacial score (nSPS) is 26.6. The maximum atomic E-state index is 12.6. The Morgan fingerprint density at radius 1 is 1.40 bits per heavy atom. The van der Waals surface area contributed by atoms with Gasteiger partial charge in [-0.05, 0) is 25.7 Å². The maximum absolute atomic E-state index is 12.6. The molecule has 0 heterocycles. The van der Waals surface area contributed by atoms with Crippen molar-refractivity contribution in [3.63, 3.8) is 0 Å². The minimum absolute atomic E-state index is 0.253. The lowest BCUT2D eigenvalue weighted by molar-refractivity contribution is -0.123. The van der Waals surface area contributed by atoms with Crippen molar-refractivity contribution in [1.82, 2.24) is 10.6 Å². The van der Waals surface area contributed by atoms with Crippen LogP contribution in [0.25, 0.3) is 0 Å². The van der Waals surface area contributed by atoms with Crippen LogP contribution in [0.15, 0.2) is 0 Å². The second-order valence-electron chi connectivity index (χ2n) is 5.05. The molecule has 0 radical (unpaired) electrons. The molecule has 5 heteroatoms. The molecule has 0 aromatic carbocycles. The van der Waals surface area contributed by atoms with Gasteiger partial charge in [0.05, 0.1) is 5.54 Å².